The van der Waals surface area contributed by atoms with E-state index in [0.29, 0.717) is 31.9 Å². The minimum Gasteiger partial charge on any atom is -0.338 e. The topological polar surface area (TPSA) is 76.2 Å². The Morgan fingerprint density at radius 2 is 1.64 bits per heavy atom. The first-order chi connectivity index (χ1) is 13.5. The van der Waals surface area contributed by atoms with Crippen LogP contribution in [0.25, 0.3) is 0 Å². The summed E-state index contributed by atoms with van der Waals surface area (Å²) in [7, 11) is -3.58. The minimum absolute atomic E-state index is 0.126. The van der Waals surface area contributed by atoms with Crippen LogP contribution >= 0.6 is 0 Å². The third-order valence-electron chi connectivity index (χ3n) is 6.37. The fourth-order valence-corrected chi connectivity index (χ4v) is 6.49. The van der Waals surface area contributed by atoms with Crippen LogP contribution in [0.15, 0.2) is 23.1 Å². The predicted molar refractivity (Wildman–Crippen MR) is 102 cm³/mol. The van der Waals surface area contributed by atoms with Crippen molar-refractivity contribution in [3.63, 3.8) is 0 Å². The van der Waals surface area contributed by atoms with E-state index in [4.69, 9.17) is 9.47 Å². The molecule has 0 unspecified atom stereocenters. The number of carbonyl (C=O) groups is 1. The average molecular weight is 407 g/mol. The van der Waals surface area contributed by atoms with Crippen LogP contribution in [0.3, 0.4) is 0 Å². The van der Waals surface area contributed by atoms with Gasteiger partial charge in [0, 0.05) is 24.7 Å². The number of benzene rings is 1. The zero-order chi connectivity index (χ0) is 19.4. The van der Waals surface area contributed by atoms with E-state index in [2.05, 4.69) is 0 Å². The first kappa shape index (κ1) is 18.5. The molecule has 28 heavy (non-hydrogen) atoms. The first-order valence-corrected chi connectivity index (χ1v) is 11.7. The van der Waals surface area contributed by atoms with Crippen molar-refractivity contribution in [1.82, 2.24) is 4.31 Å². The van der Waals surface area contributed by atoms with Gasteiger partial charge in [-0.2, -0.15) is 4.31 Å². The van der Waals surface area contributed by atoms with E-state index < -0.39 is 15.8 Å². The number of ether oxygens (including phenoxy) is 2. The van der Waals surface area contributed by atoms with Gasteiger partial charge in [0.25, 0.3) is 11.7 Å². The zero-order valence-electron chi connectivity index (χ0n) is 15.9. The number of fused-ring (bicyclic) bond motifs is 2. The third-order valence-corrected chi connectivity index (χ3v) is 8.27. The molecule has 1 spiro atoms. The molecule has 5 rings (SSSR count). The van der Waals surface area contributed by atoms with Gasteiger partial charge < -0.3 is 14.4 Å². The van der Waals surface area contributed by atoms with Gasteiger partial charge >= 0.3 is 0 Å². The molecule has 0 N–H and O–H groups in total. The van der Waals surface area contributed by atoms with E-state index >= 15 is 0 Å². The van der Waals surface area contributed by atoms with Crippen LogP contribution in [0.1, 0.15) is 50.5 Å². The molecule has 8 heteroatoms. The number of amides is 1. The number of anilines is 1. The van der Waals surface area contributed by atoms with Gasteiger partial charge in [-0.15, -0.1) is 0 Å². The lowest BCUT2D eigenvalue weighted by Crippen LogP contribution is -2.49. The Bertz CT molecular complexity index is 882. The van der Waals surface area contributed by atoms with Gasteiger partial charge in [-0.05, 0) is 50.3 Å². The quantitative estimate of drug-likeness (QED) is 0.770. The highest BCUT2D eigenvalue weighted by atomic mass is 32.2. The molecule has 7 nitrogen and oxygen atoms in total. The summed E-state index contributed by atoms with van der Waals surface area (Å²) in [5.74, 6) is -1.70. The van der Waals surface area contributed by atoms with Crippen LogP contribution in [0.5, 0.6) is 0 Å². The van der Waals surface area contributed by atoms with E-state index in [1.54, 1.807) is 23.1 Å². The summed E-state index contributed by atoms with van der Waals surface area (Å²) in [6.45, 7) is 1.94. The second-order valence-electron chi connectivity index (χ2n) is 8.07. The van der Waals surface area contributed by atoms with Gasteiger partial charge in [0.05, 0.1) is 23.8 Å². The maximum absolute atomic E-state index is 13.5. The number of hydrogen-bond donors (Lipinski definition) is 0. The fourth-order valence-electron chi connectivity index (χ4n) is 4.95. The Morgan fingerprint density at radius 3 is 2.32 bits per heavy atom. The van der Waals surface area contributed by atoms with Gasteiger partial charge in [0.2, 0.25) is 10.0 Å². The Morgan fingerprint density at radius 1 is 0.964 bits per heavy atom. The van der Waals surface area contributed by atoms with Gasteiger partial charge in [-0.25, -0.2) is 8.42 Å². The summed E-state index contributed by atoms with van der Waals surface area (Å²) in [5.41, 5.74) is 1.28. The van der Waals surface area contributed by atoms with E-state index in [1.165, 1.54) is 4.31 Å². The van der Waals surface area contributed by atoms with Crippen LogP contribution in [0.4, 0.5) is 5.69 Å². The van der Waals surface area contributed by atoms with Crippen LogP contribution in [0.2, 0.25) is 0 Å². The molecule has 1 aromatic carbocycles. The molecule has 0 atom stereocenters. The Labute approximate surface area is 165 Å². The SMILES string of the molecule is O=C1N(C2CCCC2)c2ccc(S(=O)(=O)N3CCCC3)cc2C12OCCCO2. The number of hydrogen-bond acceptors (Lipinski definition) is 5. The molecule has 1 aromatic rings. The lowest BCUT2D eigenvalue weighted by atomic mass is 10.1. The van der Waals surface area contributed by atoms with Crippen molar-refractivity contribution >= 4 is 21.6 Å². The number of nitrogens with zero attached hydrogens (tertiary/aromatic N) is 2. The highest BCUT2D eigenvalue weighted by molar-refractivity contribution is 7.89. The van der Waals surface area contributed by atoms with Crippen LogP contribution in [0, 0.1) is 0 Å². The zero-order valence-corrected chi connectivity index (χ0v) is 16.7. The molecule has 3 heterocycles. The summed E-state index contributed by atoms with van der Waals surface area (Å²) >= 11 is 0. The summed E-state index contributed by atoms with van der Waals surface area (Å²) in [4.78, 5) is 15.5. The molecule has 3 fully saturated rings. The first-order valence-electron chi connectivity index (χ1n) is 10.3. The number of carbonyl (C=O) groups excluding carboxylic acids is 1. The van der Waals surface area contributed by atoms with Crippen molar-refractivity contribution in [3.8, 4) is 0 Å². The van der Waals surface area contributed by atoms with Crippen molar-refractivity contribution < 1.29 is 22.7 Å². The molecule has 0 bridgehead atoms. The Hall–Kier alpha value is -1.48. The standard InChI is InChI=1S/C20H26N2O5S/c23-19-20(26-12-5-13-27-20)17-14-16(28(24,25)21-10-3-4-11-21)8-9-18(17)22(19)15-6-1-2-7-15/h8-9,14-15H,1-7,10-13H2. The van der Waals surface area contributed by atoms with Crippen molar-refractivity contribution in [2.45, 2.75) is 61.7 Å². The third kappa shape index (κ3) is 2.65. The summed E-state index contributed by atoms with van der Waals surface area (Å²) in [5, 5.41) is 0. The lowest BCUT2D eigenvalue weighted by molar-refractivity contribution is -0.257. The van der Waals surface area contributed by atoms with Crippen molar-refractivity contribution in [2.75, 3.05) is 31.2 Å². The lowest BCUT2D eigenvalue weighted by Gasteiger charge is -2.33. The van der Waals surface area contributed by atoms with Crippen molar-refractivity contribution in [2.24, 2.45) is 0 Å². The van der Waals surface area contributed by atoms with Crippen LogP contribution in [-0.2, 0) is 30.1 Å². The largest absolute Gasteiger partial charge is 0.338 e. The van der Waals surface area contributed by atoms with Gasteiger partial charge in [-0.1, -0.05) is 12.8 Å². The van der Waals surface area contributed by atoms with Crippen molar-refractivity contribution in [3.05, 3.63) is 23.8 Å². The van der Waals surface area contributed by atoms with Gasteiger partial charge in [0.1, 0.15) is 0 Å². The molecular weight excluding hydrogens is 380 g/mol. The van der Waals surface area contributed by atoms with E-state index in [9.17, 15) is 13.2 Å². The second kappa shape index (κ2) is 6.79. The molecular formula is C20H26N2O5S. The monoisotopic (exact) mass is 406 g/mol. The van der Waals surface area contributed by atoms with Crippen LogP contribution < -0.4 is 4.90 Å². The fraction of sp³-hybridized carbons (Fsp3) is 0.650. The molecule has 0 radical (unpaired) electrons. The van der Waals surface area contributed by atoms with E-state index in [-0.39, 0.29) is 16.8 Å². The molecule has 3 aliphatic heterocycles. The maximum Gasteiger partial charge on any atom is 0.292 e. The second-order valence-corrected chi connectivity index (χ2v) is 10.0. The summed E-state index contributed by atoms with van der Waals surface area (Å²) in [6, 6.07) is 5.13. The average Bonchev–Trinajstić information content (AvgIpc) is 3.45. The molecule has 1 aliphatic carbocycles. The predicted octanol–water partition coefficient (Wildman–Crippen LogP) is 2.35. The molecule has 0 aromatic heterocycles. The smallest absolute Gasteiger partial charge is 0.292 e. The number of sulfonamides is 1. The Kier molecular flexibility index (Phi) is 4.50. The maximum atomic E-state index is 13.5. The Balaban J connectivity index is 1.61. The summed E-state index contributed by atoms with van der Waals surface area (Å²) < 4.78 is 39.5. The van der Waals surface area contributed by atoms with Crippen LogP contribution in [-0.4, -0.2) is 51.0 Å². The van der Waals surface area contributed by atoms with E-state index in [1.807, 2.05) is 0 Å². The molecule has 4 aliphatic rings. The highest BCUT2D eigenvalue weighted by Crippen LogP contribution is 2.48. The molecule has 1 amide bonds. The highest BCUT2D eigenvalue weighted by Gasteiger charge is 2.57. The molecule has 152 valence electrons. The minimum atomic E-state index is -3.58. The van der Waals surface area contributed by atoms with E-state index in [0.717, 1.165) is 50.6 Å². The number of rotatable bonds is 3. The van der Waals surface area contributed by atoms with Gasteiger partial charge in [0.15, 0.2) is 0 Å². The normalized spacial score (nSPS) is 25.7. The summed E-state index contributed by atoms with van der Waals surface area (Å²) in [6.07, 6.45) is 6.59. The molecule has 1 saturated carbocycles. The molecule has 2 saturated heterocycles. The van der Waals surface area contributed by atoms with Gasteiger partial charge in [-0.3, -0.25) is 4.79 Å². The van der Waals surface area contributed by atoms with Crippen molar-refractivity contribution in [1.29, 1.82) is 0 Å².